The molecule has 1 aliphatic carbocycles. The number of phenols is 1. The molecule has 0 fully saturated rings. The fourth-order valence-corrected chi connectivity index (χ4v) is 3.50. The fourth-order valence-electron chi connectivity index (χ4n) is 3.12. The summed E-state index contributed by atoms with van der Waals surface area (Å²) < 4.78 is 5.89. The second-order valence-electron chi connectivity index (χ2n) is 6.30. The number of halogens is 2. The normalized spacial score (nSPS) is 15.5. The minimum atomic E-state index is -0.104. The SMILES string of the molecule is Cc1ccc(NC=C2C(=O)CCc3c2oc2c(Cl)c(Cl)c(O)cc32)cc1. The van der Waals surface area contributed by atoms with Crippen LogP contribution >= 0.6 is 23.2 Å². The van der Waals surface area contributed by atoms with Crippen molar-refractivity contribution in [1.29, 1.82) is 0 Å². The molecule has 0 saturated carbocycles. The summed E-state index contributed by atoms with van der Waals surface area (Å²) >= 11 is 12.2. The summed E-state index contributed by atoms with van der Waals surface area (Å²) in [4.78, 5) is 12.5. The Hall–Kier alpha value is -2.43. The molecule has 26 heavy (non-hydrogen) atoms. The molecule has 0 atom stereocenters. The van der Waals surface area contributed by atoms with E-state index in [9.17, 15) is 9.90 Å². The molecular weight excluding hydrogens is 373 g/mol. The van der Waals surface area contributed by atoms with Crippen LogP contribution < -0.4 is 5.32 Å². The van der Waals surface area contributed by atoms with E-state index in [1.807, 2.05) is 31.2 Å². The Morgan fingerprint density at radius 3 is 2.62 bits per heavy atom. The first-order chi connectivity index (χ1) is 12.5. The topological polar surface area (TPSA) is 62.5 Å². The van der Waals surface area contributed by atoms with E-state index in [4.69, 9.17) is 27.6 Å². The number of phenolic OH excluding ortho intramolecular Hbond substituents is 1. The molecule has 4 rings (SSSR count). The Bertz CT molecular complexity index is 1070. The lowest BCUT2D eigenvalue weighted by Gasteiger charge is -2.13. The van der Waals surface area contributed by atoms with Crippen molar-refractivity contribution in [2.75, 3.05) is 5.32 Å². The van der Waals surface area contributed by atoms with Gasteiger partial charge in [-0.2, -0.15) is 0 Å². The summed E-state index contributed by atoms with van der Waals surface area (Å²) in [6.45, 7) is 2.01. The maximum Gasteiger partial charge on any atom is 0.168 e. The van der Waals surface area contributed by atoms with Gasteiger partial charge in [-0.15, -0.1) is 0 Å². The van der Waals surface area contributed by atoms with E-state index in [-0.39, 0.29) is 21.6 Å². The molecule has 0 bridgehead atoms. The van der Waals surface area contributed by atoms with Crippen molar-refractivity contribution in [3.05, 3.63) is 63.5 Å². The summed E-state index contributed by atoms with van der Waals surface area (Å²) in [5.74, 6) is 0.356. The molecule has 0 radical (unpaired) electrons. The minimum absolute atomic E-state index is 0.0115. The predicted octanol–water partition coefficient (Wildman–Crippen LogP) is 5.72. The number of benzene rings is 2. The first kappa shape index (κ1) is 17.0. The Labute approximate surface area is 160 Å². The maximum absolute atomic E-state index is 12.5. The van der Waals surface area contributed by atoms with Crippen molar-refractivity contribution >= 4 is 51.2 Å². The molecule has 2 aromatic carbocycles. The summed E-state index contributed by atoms with van der Waals surface area (Å²) in [5.41, 5.74) is 3.72. The lowest BCUT2D eigenvalue weighted by atomic mass is 9.91. The second kappa shape index (κ2) is 6.38. The van der Waals surface area contributed by atoms with Crippen LogP contribution in [0.2, 0.25) is 10.0 Å². The van der Waals surface area contributed by atoms with Gasteiger partial charge in [-0.1, -0.05) is 40.9 Å². The monoisotopic (exact) mass is 387 g/mol. The van der Waals surface area contributed by atoms with Gasteiger partial charge in [0.1, 0.15) is 21.6 Å². The third-order valence-corrected chi connectivity index (χ3v) is 5.37. The Kier molecular flexibility index (Phi) is 4.17. The predicted molar refractivity (Wildman–Crippen MR) is 104 cm³/mol. The van der Waals surface area contributed by atoms with Crippen LogP contribution in [0.15, 0.2) is 40.9 Å². The van der Waals surface area contributed by atoms with Crippen LogP contribution in [0.4, 0.5) is 5.69 Å². The third-order valence-electron chi connectivity index (χ3n) is 4.53. The van der Waals surface area contributed by atoms with Gasteiger partial charge in [0.25, 0.3) is 0 Å². The average molecular weight is 388 g/mol. The molecule has 6 heteroatoms. The van der Waals surface area contributed by atoms with Crippen LogP contribution in [0, 0.1) is 6.92 Å². The van der Waals surface area contributed by atoms with Crippen molar-refractivity contribution in [3.63, 3.8) is 0 Å². The maximum atomic E-state index is 12.5. The number of carbonyl (C=O) groups excluding carboxylic acids is 1. The number of hydrogen-bond acceptors (Lipinski definition) is 4. The molecule has 1 heterocycles. The highest BCUT2D eigenvalue weighted by Gasteiger charge is 2.29. The van der Waals surface area contributed by atoms with Crippen LogP contribution in [0.3, 0.4) is 0 Å². The number of hydrogen-bond donors (Lipinski definition) is 2. The zero-order valence-electron chi connectivity index (χ0n) is 13.9. The number of nitrogens with one attached hydrogen (secondary N) is 1. The smallest absolute Gasteiger partial charge is 0.168 e. The summed E-state index contributed by atoms with van der Waals surface area (Å²) in [5, 5.41) is 14.0. The van der Waals surface area contributed by atoms with E-state index in [0.29, 0.717) is 35.1 Å². The highest BCUT2D eigenvalue weighted by molar-refractivity contribution is 6.46. The van der Waals surface area contributed by atoms with Gasteiger partial charge in [0.05, 0.1) is 5.57 Å². The van der Waals surface area contributed by atoms with Gasteiger partial charge in [0.15, 0.2) is 11.4 Å². The average Bonchev–Trinajstić information content (AvgIpc) is 2.99. The van der Waals surface area contributed by atoms with E-state index in [2.05, 4.69) is 5.32 Å². The van der Waals surface area contributed by atoms with Crippen molar-refractivity contribution in [2.24, 2.45) is 0 Å². The highest BCUT2D eigenvalue weighted by atomic mass is 35.5. The van der Waals surface area contributed by atoms with Crippen molar-refractivity contribution in [1.82, 2.24) is 0 Å². The molecule has 0 amide bonds. The number of carbonyl (C=O) groups is 1. The minimum Gasteiger partial charge on any atom is -0.506 e. The number of aromatic hydroxyl groups is 1. The van der Waals surface area contributed by atoms with Crippen LogP contribution in [-0.2, 0) is 11.2 Å². The quantitative estimate of drug-likeness (QED) is 0.551. The number of rotatable bonds is 2. The Morgan fingerprint density at radius 2 is 1.88 bits per heavy atom. The fraction of sp³-hybridized carbons (Fsp3) is 0.150. The molecule has 3 aromatic rings. The van der Waals surface area contributed by atoms with Gasteiger partial charge in [-0.3, -0.25) is 4.79 Å². The number of aryl methyl sites for hydroxylation is 2. The molecule has 1 aliphatic rings. The molecule has 0 unspecified atom stereocenters. The van der Waals surface area contributed by atoms with Crippen LogP contribution in [0.25, 0.3) is 16.5 Å². The number of Topliss-reactive ketones (excluding diaryl/α,β-unsaturated/α-hetero) is 1. The number of ketones is 1. The molecule has 4 nitrogen and oxygen atoms in total. The second-order valence-corrected chi connectivity index (χ2v) is 7.06. The van der Waals surface area contributed by atoms with E-state index in [1.165, 1.54) is 6.07 Å². The van der Waals surface area contributed by atoms with E-state index in [0.717, 1.165) is 16.8 Å². The number of furan rings is 1. The number of fused-ring (bicyclic) bond motifs is 3. The van der Waals surface area contributed by atoms with Gasteiger partial charge in [-0.05, 0) is 31.5 Å². The molecule has 0 aliphatic heterocycles. The van der Waals surface area contributed by atoms with Crippen LogP contribution in [0.1, 0.15) is 23.3 Å². The summed E-state index contributed by atoms with van der Waals surface area (Å²) in [6, 6.07) is 9.38. The van der Waals surface area contributed by atoms with E-state index >= 15 is 0 Å². The molecular formula is C20H15Cl2NO3. The lowest BCUT2D eigenvalue weighted by Crippen LogP contribution is -2.12. The Balaban J connectivity index is 1.82. The summed E-state index contributed by atoms with van der Waals surface area (Å²) in [7, 11) is 0. The molecule has 132 valence electrons. The third kappa shape index (κ3) is 2.75. The van der Waals surface area contributed by atoms with Gasteiger partial charge in [0.2, 0.25) is 0 Å². The van der Waals surface area contributed by atoms with Gasteiger partial charge < -0.3 is 14.8 Å². The zero-order chi connectivity index (χ0) is 18.4. The van der Waals surface area contributed by atoms with Gasteiger partial charge >= 0.3 is 0 Å². The number of anilines is 1. The van der Waals surface area contributed by atoms with Crippen molar-refractivity contribution < 1.29 is 14.3 Å². The molecule has 2 N–H and O–H groups in total. The molecule has 0 saturated heterocycles. The molecule has 1 aromatic heterocycles. The zero-order valence-corrected chi connectivity index (χ0v) is 15.4. The van der Waals surface area contributed by atoms with Crippen molar-refractivity contribution in [3.8, 4) is 5.75 Å². The first-order valence-electron chi connectivity index (χ1n) is 8.15. The highest BCUT2D eigenvalue weighted by Crippen LogP contribution is 2.44. The number of allylic oxidation sites excluding steroid dienone is 1. The van der Waals surface area contributed by atoms with Crippen LogP contribution in [-0.4, -0.2) is 10.9 Å². The van der Waals surface area contributed by atoms with Gasteiger partial charge in [0, 0.05) is 29.3 Å². The largest absolute Gasteiger partial charge is 0.506 e. The lowest BCUT2D eigenvalue weighted by molar-refractivity contribution is -0.114. The van der Waals surface area contributed by atoms with E-state index in [1.54, 1.807) is 6.20 Å². The van der Waals surface area contributed by atoms with Crippen molar-refractivity contribution in [2.45, 2.75) is 19.8 Å². The van der Waals surface area contributed by atoms with Crippen LogP contribution in [0.5, 0.6) is 5.75 Å². The standard InChI is InChI=1S/C20H15Cl2NO3/c1-10-2-4-11(5-3-10)23-9-14-15(24)7-6-12-13-8-16(25)17(21)18(22)20(13)26-19(12)14/h2-5,8-9,23,25H,6-7H2,1H3. The van der Waals surface area contributed by atoms with Gasteiger partial charge in [-0.25, -0.2) is 0 Å². The first-order valence-corrected chi connectivity index (χ1v) is 8.90. The Morgan fingerprint density at radius 1 is 1.15 bits per heavy atom. The molecule has 0 spiro atoms. The summed E-state index contributed by atoms with van der Waals surface area (Å²) in [6.07, 6.45) is 2.55. The van der Waals surface area contributed by atoms with E-state index < -0.39 is 0 Å².